The molecule has 2 aliphatic rings. The van der Waals surface area contributed by atoms with Crippen molar-refractivity contribution >= 4 is 0 Å². The van der Waals surface area contributed by atoms with E-state index in [9.17, 15) is 0 Å². The van der Waals surface area contributed by atoms with Gasteiger partial charge in [0.05, 0.1) is 0 Å². The van der Waals surface area contributed by atoms with Crippen molar-refractivity contribution in [2.24, 2.45) is 0 Å². The summed E-state index contributed by atoms with van der Waals surface area (Å²) in [6.45, 7) is 7.13. The minimum absolute atomic E-state index is 1.08. The predicted octanol–water partition coefficient (Wildman–Crippen LogP) is 3.88. The Balaban J connectivity index is 1.57. The lowest BCUT2D eigenvalue weighted by atomic mass is 9.98. The predicted molar refractivity (Wildman–Crippen MR) is 100 cm³/mol. The van der Waals surface area contributed by atoms with Crippen LogP contribution in [-0.4, -0.2) is 36.0 Å². The van der Waals surface area contributed by atoms with E-state index in [-0.39, 0.29) is 0 Å². The van der Waals surface area contributed by atoms with Gasteiger partial charge in [-0.2, -0.15) is 0 Å². The maximum atomic E-state index is 2.65. The molecule has 2 heteroatoms. The van der Waals surface area contributed by atoms with Crippen molar-refractivity contribution in [3.05, 3.63) is 70.8 Å². The highest BCUT2D eigenvalue weighted by atomic mass is 15.2. The fraction of sp³-hybridized carbons (Fsp3) is 0.455. The van der Waals surface area contributed by atoms with Gasteiger partial charge in [0.2, 0.25) is 0 Å². The van der Waals surface area contributed by atoms with Crippen molar-refractivity contribution in [1.82, 2.24) is 9.80 Å². The number of fused-ring (bicyclic) bond motifs is 2. The van der Waals surface area contributed by atoms with Crippen molar-refractivity contribution in [3.8, 4) is 0 Å². The molecule has 1 fully saturated rings. The van der Waals surface area contributed by atoms with E-state index in [0.29, 0.717) is 0 Å². The van der Waals surface area contributed by atoms with Crippen LogP contribution in [0.5, 0.6) is 0 Å². The third kappa shape index (κ3) is 3.71. The lowest BCUT2D eigenvalue weighted by Crippen LogP contribution is -2.33. The van der Waals surface area contributed by atoms with Crippen molar-refractivity contribution in [2.45, 2.75) is 38.8 Å². The largest absolute Gasteiger partial charge is 0.302 e. The molecule has 0 N–H and O–H groups in total. The number of hydrogen-bond acceptors (Lipinski definition) is 2. The Morgan fingerprint density at radius 3 is 1.58 bits per heavy atom. The van der Waals surface area contributed by atoms with Crippen LogP contribution in [-0.2, 0) is 25.9 Å². The first-order valence-electron chi connectivity index (χ1n) is 9.47. The van der Waals surface area contributed by atoms with Crippen LogP contribution in [0.15, 0.2) is 48.5 Å². The molecule has 2 heterocycles. The zero-order valence-electron chi connectivity index (χ0n) is 14.6. The fourth-order valence-electron chi connectivity index (χ4n) is 4.17. The zero-order chi connectivity index (χ0) is 16.2. The minimum atomic E-state index is 1.08. The maximum absolute atomic E-state index is 2.65. The van der Waals surface area contributed by atoms with E-state index < -0.39 is 0 Å². The van der Waals surface area contributed by atoms with Crippen LogP contribution in [0.25, 0.3) is 0 Å². The molecule has 0 aromatic heterocycles. The number of rotatable bonds is 3. The second kappa shape index (κ2) is 7.50. The summed E-state index contributed by atoms with van der Waals surface area (Å²) < 4.78 is 0. The second-order valence-corrected chi connectivity index (χ2v) is 7.30. The Morgan fingerprint density at radius 2 is 1.04 bits per heavy atom. The van der Waals surface area contributed by atoms with Gasteiger partial charge < -0.3 is 4.90 Å². The number of aryl methyl sites for hydroxylation is 2. The van der Waals surface area contributed by atoms with Crippen LogP contribution in [0, 0.1) is 0 Å². The van der Waals surface area contributed by atoms with E-state index in [0.717, 1.165) is 25.9 Å². The van der Waals surface area contributed by atoms with E-state index in [1.54, 1.807) is 0 Å². The topological polar surface area (TPSA) is 6.48 Å². The first kappa shape index (κ1) is 15.9. The number of likely N-dealkylation sites (tertiary alicyclic amines) is 1. The Bertz CT molecular complexity index is 624. The Hall–Kier alpha value is -1.64. The van der Waals surface area contributed by atoms with E-state index in [1.165, 1.54) is 61.3 Å². The average molecular weight is 320 g/mol. The number of nitrogens with zero attached hydrogens (tertiary/aromatic N) is 2. The molecule has 0 spiro atoms. The molecule has 2 aromatic carbocycles. The van der Waals surface area contributed by atoms with Crippen LogP contribution < -0.4 is 0 Å². The molecule has 24 heavy (non-hydrogen) atoms. The van der Waals surface area contributed by atoms with Gasteiger partial charge in [-0.05, 0) is 61.0 Å². The highest BCUT2D eigenvalue weighted by Crippen LogP contribution is 2.22. The molecule has 0 saturated carbocycles. The van der Waals surface area contributed by atoms with Gasteiger partial charge in [-0.25, -0.2) is 0 Å². The van der Waals surface area contributed by atoms with Gasteiger partial charge in [-0.15, -0.1) is 0 Å². The second-order valence-electron chi connectivity index (χ2n) is 7.30. The first-order valence-corrected chi connectivity index (χ1v) is 9.47. The van der Waals surface area contributed by atoms with Crippen molar-refractivity contribution in [2.75, 3.05) is 26.2 Å². The van der Waals surface area contributed by atoms with Gasteiger partial charge in [-0.1, -0.05) is 48.5 Å². The molecule has 0 unspecified atom stereocenters. The smallest absolute Gasteiger partial charge is 0.0240 e. The van der Waals surface area contributed by atoms with Gasteiger partial charge in [0.1, 0.15) is 0 Å². The summed E-state index contributed by atoms with van der Waals surface area (Å²) in [6, 6.07) is 18.1. The normalized spacial score (nSPS) is 19.2. The SMILES string of the molecule is c1ccc2c(c1)CCc1ccccc1CN(CCN1CCCC1)C2. The summed E-state index contributed by atoms with van der Waals surface area (Å²) in [5.41, 5.74) is 6.10. The molecule has 0 radical (unpaired) electrons. The molecule has 1 saturated heterocycles. The number of benzene rings is 2. The van der Waals surface area contributed by atoms with Gasteiger partial charge in [0.15, 0.2) is 0 Å². The molecular weight excluding hydrogens is 292 g/mol. The van der Waals surface area contributed by atoms with Crippen LogP contribution in [0.3, 0.4) is 0 Å². The Kier molecular flexibility index (Phi) is 4.96. The molecule has 0 atom stereocenters. The van der Waals surface area contributed by atoms with E-state index in [4.69, 9.17) is 0 Å². The summed E-state index contributed by atoms with van der Waals surface area (Å²) in [7, 11) is 0. The molecule has 0 bridgehead atoms. The molecule has 0 amide bonds. The van der Waals surface area contributed by atoms with Crippen LogP contribution >= 0.6 is 0 Å². The van der Waals surface area contributed by atoms with Crippen LogP contribution in [0.2, 0.25) is 0 Å². The van der Waals surface area contributed by atoms with Crippen molar-refractivity contribution in [1.29, 1.82) is 0 Å². The number of hydrogen-bond donors (Lipinski definition) is 0. The summed E-state index contributed by atoms with van der Waals surface area (Å²) in [6.07, 6.45) is 5.08. The summed E-state index contributed by atoms with van der Waals surface area (Å²) >= 11 is 0. The average Bonchev–Trinajstić information content (AvgIpc) is 3.15. The first-order chi connectivity index (χ1) is 11.9. The van der Waals surface area contributed by atoms with Crippen molar-refractivity contribution < 1.29 is 0 Å². The lowest BCUT2D eigenvalue weighted by Gasteiger charge is -2.26. The summed E-state index contributed by atoms with van der Waals surface area (Å²) in [5, 5.41) is 0. The molecule has 126 valence electrons. The Labute approximate surface area is 146 Å². The third-order valence-electron chi connectivity index (χ3n) is 5.62. The molecule has 2 aliphatic heterocycles. The van der Waals surface area contributed by atoms with Gasteiger partial charge >= 0.3 is 0 Å². The Morgan fingerprint density at radius 1 is 0.583 bits per heavy atom. The van der Waals surface area contributed by atoms with Crippen LogP contribution in [0.4, 0.5) is 0 Å². The van der Waals surface area contributed by atoms with E-state index >= 15 is 0 Å². The standard InChI is InChI=1S/C22H28N2/c1-3-9-21-17-24(16-15-23-13-5-6-14-23)18-22-10-4-2-8-20(22)12-11-19(21)7-1/h1-4,7-10H,5-6,11-18H2. The highest BCUT2D eigenvalue weighted by Gasteiger charge is 2.17. The zero-order valence-corrected chi connectivity index (χ0v) is 14.6. The third-order valence-corrected chi connectivity index (χ3v) is 5.62. The van der Waals surface area contributed by atoms with Gasteiger partial charge in [0, 0.05) is 26.2 Å². The molecule has 2 aromatic rings. The summed E-state index contributed by atoms with van der Waals surface area (Å²) in [4.78, 5) is 5.28. The van der Waals surface area contributed by atoms with Crippen molar-refractivity contribution in [3.63, 3.8) is 0 Å². The summed E-state index contributed by atoms with van der Waals surface area (Å²) in [5.74, 6) is 0. The molecule has 0 aliphatic carbocycles. The lowest BCUT2D eigenvalue weighted by molar-refractivity contribution is 0.211. The molecule has 2 nitrogen and oxygen atoms in total. The quantitative estimate of drug-likeness (QED) is 0.847. The maximum Gasteiger partial charge on any atom is 0.0240 e. The minimum Gasteiger partial charge on any atom is -0.302 e. The monoisotopic (exact) mass is 320 g/mol. The van der Waals surface area contributed by atoms with Crippen LogP contribution in [0.1, 0.15) is 35.1 Å². The van der Waals surface area contributed by atoms with E-state index in [2.05, 4.69) is 58.3 Å². The van der Waals surface area contributed by atoms with Gasteiger partial charge in [0.25, 0.3) is 0 Å². The van der Waals surface area contributed by atoms with E-state index in [1.807, 2.05) is 0 Å². The molecular formula is C22H28N2. The molecule has 4 rings (SSSR count). The van der Waals surface area contributed by atoms with Gasteiger partial charge in [-0.3, -0.25) is 4.90 Å². The fourth-order valence-corrected chi connectivity index (χ4v) is 4.17. The highest BCUT2D eigenvalue weighted by molar-refractivity contribution is 5.33.